The SMILES string of the molecule is F.OB(O)O.[PbH2]. The zero-order valence-electron chi connectivity index (χ0n) is 3.03. The molecule has 0 atom stereocenters. The molecule has 0 aromatic heterocycles. The van der Waals surface area contributed by atoms with Crippen molar-refractivity contribution in [2.45, 2.75) is 0 Å². The van der Waals surface area contributed by atoms with Gasteiger partial charge in [0.15, 0.2) is 0 Å². The van der Waals surface area contributed by atoms with Gasteiger partial charge < -0.3 is 15.1 Å². The van der Waals surface area contributed by atoms with Crippen LogP contribution in [0.3, 0.4) is 0 Å². The summed E-state index contributed by atoms with van der Waals surface area (Å²) >= 11 is 0. The molecule has 0 aromatic rings. The maximum atomic E-state index is 7.17. The number of hydrogen-bond acceptors (Lipinski definition) is 3. The van der Waals surface area contributed by atoms with Gasteiger partial charge in [-0.15, -0.1) is 0 Å². The first-order valence-electron chi connectivity index (χ1n) is 0.775. The minimum absolute atomic E-state index is 0. The molecule has 0 unspecified atom stereocenters. The molecule has 0 aliphatic carbocycles. The number of hydrogen-bond donors (Lipinski definition) is 3. The van der Waals surface area contributed by atoms with E-state index in [2.05, 4.69) is 0 Å². The molecule has 0 saturated heterocycles. The van der Waals surface area contributed by atoms with Crippen molar-refractivity contribution in [2.75, 3.05) is 0 Å². The molecular formula is H6BFO3Pb. The van der Waals surface area contributed by atoms with Crippen LogP contribution in [0.25, 0.3) is 0 Å². The summed E-state index contributed by atoms with van der Waals surface area (Å²) < 4.78 is 0. The molecule has 3 N–H and O–H groups in total. The summed E-state index contributed by atoms with van der Waals surface area (Å²) in [7, 11) is -2.17. The summed E-state index contributed by atoms with van der Waals surface area (Å²) in [5, 5.41) is 21.5. The molecule has 0 aromatic carbocycles. The van der Waals surface area contributed by atoms with Gasteiger partial charge in [0, 0.05) is 0 Å². The molecule has 6 heteroatoms. The standard InChI is InChI=1S/BH3O3.FH.Pb.2H/c2-1(3)4;;;;/h2-4H;1H;;;. The molecule has 38 valence electrons. The predicted molar refractivity (Wildman–Crippen MR) is 23.5 cm³/mol. The fourth-order valence-electron chi connectivity index (χ4n) is 0. The number of rotatable bonds is 0. The third-order valence-corrected chi connectivity index (χ3v) is 0. The molecule has 0 rings (SSSR count). The third kappa shape index (κ3) is 109. The van der Waals surface area contributed by atoms with Crippen LogP contribution < -0.4 is 0 Å². The van der Waals surface area contributed by atoms with Gasteiger partial charge in [0.2, 0.25) is 0 Å². The number of halogens is 1. The summed E-state index contributed by atoms with van der Waals surface area (Å²) in [5.74, 6) is 0. The average Bonchev–Trinajstić information content (AvgIpc) is 0.811. The third-order valence-electron chi connectivity index (χ3n) is 0. The zero-order chi connectivity index (χ0) is 3.58. The van der Waals surface area contributed by atoms with Crippen molar-refractivity contribution in [3.63, 3.8) is 0 Å². The Morgan fingerprint density at radius 3 is 1.00 bits per heavy atom. The average molecular weight is 291 g/mol. The predicted octanol–water partition coefficient (Wildman–Crippen LogP) is -2.82. The topological polar surface area (TPSA) is 60.7 Å². The molecule has 0 aliphatic heterocycles. The molecule has 0 fully saturated rings. The van der Waals surface area contributed by atoms with Crippen LogP contribution in [0, 0.1) is 0 Å². The monoisotopic (exact) mass is 292 g/mol. The summed E-state index contributed by atoms with van der Waals surface area (Å²) in [4.78, 5) is 0. The van der Waals surface area contributed by atoms with Crippen LogP contribution in [-0.2, 0) is 0 Å². The first-order valence-corrected chi connectivity index (χ1v) is 0.775. The van der Waals surface area contributed by atoms with Gasteiger partial charge in [0.1, 0.15) is 0 Å². The Morgan fingerprint density at radius 2 is 1.00 bits per heavy atom. The Kier molecular flexibility index (Phi) is 24.4. The molecule has 6 heavy (non-hydrogen) atoms. The second kappa shape index (κ2) is 9.25. The second-order valence-corrected chi connectivity index (χ2v) is 0.346. The molecule has 0 heterocycles. The van der Waals surface area contributed by atoms with Gasteiger partial charge in [-0.3, -0.25) is 4.70 Å². The van der Waals surface area contributed by atoms with E-state index in [0.717, 1.165) is 0 Å². The van der Waals surface area contributed by atoms with Gasteiger partial charge in [-0.25, -0.2) is 0 Å². The Bertz CT molecular complexity index is 15.5. The molecule has 0 saturated carbocycles. The molecular weight excluding hydrogens is 285 g/mol. The molecule has 0 bridgehead atoms. The van der Waals surface area contributed by atoms with E-state index in [1.54, 1.807) is 0 Å². The molecule has 3 nitrogen and oxygen atoms in total. The van der Waals surface area contributed by atoms with Crippen LogP contribution in [0.15, 0.2) is 0 Å². The van der Waals surface area contributed by atoms with Crippen LogP contribution in [0.2, 0.25) is 0 Å². The summed E-state index contributed by atoms with van der Waals surface area (Å²) in [6.07, 6.45) is 0. The van der Waals surface area contributed by atoms with Crippen LogP contribution in [0.4, 0.5) is 4.70 Å². The first-order chi connectivity index (χ1) is 1.73. The van der Waals surface area contributed by atoms with E-state index < -0.39 is 7.32 Å². The van der Waals surface area contributed by atoms with Crippen molar-refractivity contribution >= 4 is 34.6 Å². The fourth-order valence-corrected chi connectivity index (χ4v) is 0. The molecule has 0 amide bonds. The Hall–Kier alpha value is 0.797. The van der Waals surface area contributed by atoms with Crippen molar-refractivity contribution in [2.24, 2.45) is 0 Å². The van der Waals surface area contributed by atoms with Crippen molar-refractivity contribution in [1.82, 2.24) is 0 Å². The van der Waals surface area contributed by atoms with E-state index in [4.69, 9.17) is 15.1 Å². The second-order valence-electron chi connectivity index (χ2n) is 0.346. The van der Waals surface area contributed by atoms with Crippen molar-refractivity contribution < 1.29 is 19.8 Å². The Morgan fingerprint density at radius 1 is 1.00 bits per heavy atom. The van der Waals surface area contributed by atoms with Crippen LogP contribution in [-0.4, -0.2) is 49.7 Å². The van der Waals surface area contributed by atoms with E-state index in [9.17, 15) is 0 Å². The van der Waals surface area contributed by atoms with Crippen LogP contribution >= 0.6 is 0 Å². The first kappa shape index (κ1) is 15.8. The summed E-state index contributed by atoms with van der Waals surface area (Å²) in [6.45, 7) is 0. The summed E-state index contributed by atoms with van der Waals surface area (Å²) in [5.41, 5.74) is 0. The van der Waals surface area contributed by atoms with E-state index in [0.29, 0.717) is 0 Å². The minimum atomic E-state index is -2.17. The zero-order valence-corrected chi connectivity index (χ0v) is 8.53. The maximum absolute atomic E-state index is 7.17. The van der Waals surface area contributed by atoms with Gasteiger partial charge in [-0.05, 0) is 0 Å². The van der Waals surface area contributed by atoms with E-state index in [1.165, 1.54) is 0 Å². The fraction of sp³-hybridized carbons (Fsp3) is 0. The normalized spacial score (nSPS) is 4.50. The van der Waals surface area contributed by atoms with E-state index >= 15 is 0 Å². The van der Waals surface area contributed by atoms with E-state index in [1.807, 2.05) is 0 Å². The Labute approximate surface area is 54.7 Å². The quantitative estimate of drug-likeness (QED) is 0.422. The van der Waals surface area contributed by atoms with Crippen molar-refractivity contribution in [3.05, 3.63) is 0 Å². The van der Waals surface area contributed by atoms with E-state index in [-0.39, 0.29) is 32.0 Å². The van der Waals surface area contributed by atoms with Crippen molar-refractivity contribution in [1.29, 1.82) is 0 Å². The Balaban J connectivity index is -0.0000000450. The molecule has 0 spiro atoms. The molecule has 0 aliphatic rings. The van der Waals surface area contributed by atoms with Crippen LogP contribution in [0.1, 0.15) is 0 Å². The van der Waals surface area contributed by atoms with Gasteiger partial charge >= 0.3 is 34.6 Å². The molecule has 2 radical (unpaired) electrons. The van der Waals surface area contributed by atoms with Crippen molar-refractivity contribution in [3.8, 4) is 0 Å². The van der Waals surface area contributed by atoms with Crippen LogP contribution in [0.5, 0.6) is 0 Å². The van der Waals surface area contributed by atoms with Gasteiger partial charge in [-0.1, -0.05) is 0 Å². The van der Waals surface area contributed by atoms with Gasteiger partial charge in [-0.2, -0.15) is 0 Å². The van der Waals surface area contributed by atoms with Gasteiger partial charge in [0.05, 0.1) is 0 Å². The van der Waals surface area contributed by atoms with Gasteiger partial charge in [0.25, 0.3) is 0 Å². The summed E-state index contributed by atoms with van der Waals surface area (Å²) in [6, 6.07) is 0.